The highest BCUT2D eigenvalue weighted by Gasteiger charge is 2.14. The maximum atomic E-state index is 12.2. The van der Waals surface area contributed by atoms with Crippen molar-refractivity contribution in [2.24, 2.45) is 0 Å². The number of carbonyl (C=O) groups excluding carboxylic acids is 1. The van der Waals surface area contributed by atoms with Crippen molar-refractivity contribution in [3.63, 3.8) is 0 Å². The molecule has 1 amide bonds. The number of anilines is 1. The molecule has 0 bridgehead atoms. The Labute approximate surface area is 117 Å². The summed E-state index contributed by atoms with van der Waals surface area (Å²) in [5.74, 6) is 0.234. The lowest BCUT2D eigenvalue weighted by molar-refractivity contribution is 0.102. The molecule has 19 heavy (non-hydrogen) atoms. The number of amides is 1. The zero-order chi connectivity index (χ0) is 13.8. The van der Waals surface area contributed by atoms with Gasteiger partial charge >= 0.3 is 0 Å². The normalized spacial score (nSPS) is 10.1. The topological polar surface area (TPSA) is 38.3 Å². The summed E-state index contributed by atoms with van der Waals surface area (Å²) in [6.07, 6.45) is 0. The first kappa shape index (κ1) is 13.4. The molecule has 0 aliphatic rings. The van der Waals surface area contributed by atoms with Gasteiger partial charge in [0, 0.05) is 5.69 Å². The molecule has 2 aromatic carbocycles. The van der Waals surface area contributed by atoms with Crippen LogP contribution in [0.15, 0.2) is 42.5 Å². The van der Waals surface area contributed by atoms with Crippen molar-refractivity contribution in [2.45, 2.75) is 6.92 Å². The van der Waals surface area contributed by atoms with Gasteiger partial charge in [0.25, 0.3) is 5.91 Å². The summed E-state index contributed by atoms with van der Waals surface area (Å²) in [6.45, 7) is 1.93. The van der Waals surface area contributed by atoms with E-state index in [9.17, 15) is 4.79 Å². The largest absolute Gasteiger partial charge is 0.495 e. The SMILES string of the molecule is COc1cccc(C(=O)Nc2ccccc2C)c1Cl. The minimum absolute atomic E-state index is 0.252. The molecular formula is C15H14ClNO2. The van der Waals surface area contributed by atoms with Gasteiger partial charge in [-0.3, -0.25) is 4.79 Å². The van der Waals surface area contributed by atoms with Gasteiger partial charge in [-0.15, -0.1) is 0 Å². The number of halogens is 1. The molecule has 2 aromatic rings. The predicted molar refractivity (Wildman–Crippen MR) is 77.1 cm³/mol. The van der Waals surface area contributed by atoms with Crippen molar-refractivity contribution in [3.8, 4) is 5.75 Å². The molecule has 1 N–H and O–H groups in total. The minimum Gasteiger partial charge on any atom is -0.495 e. The number of methoxy groups -OCH3 is 1. The third kappa shape index (κ3) is 2.88. The summed E-state index contributed by atoms with van der Waals surface area (Å²) in [5, 5.41) is 3.16. The minimum atomic E-state index is -0.252. The molecule has 2 rings (SSSR count). The van der Waals surface area contributed by atoms with Crippen LogP contribution in [0.1, 0.15) is 15.9 Å². The Kier molecular flexibility index (Phi) is 4.07. The average Bonchev–Trinajstić information content (AvgIpc) is 2.41. The van der Waals surface area contributed by atoms with Crippen LogP contribution in [0.25, 0.3) is 0 Å². The third-order valence-electron chi connectivity index (χ3n) is 2.82. The number of rotatable bonds is 3. The molecule has 0 aromatic heterocycles. The van der Waals surface area contributed by atoms with Crippen LogP contribution in [0, 0.1) is 6.92 Å². The number of carbonyl (C=O) groups is 1. The van der Waals surface area contributed by atoms with Gasteiger partial charge in [0.05, 0.1) is 17.7 Å². The van der Waals surface area contributed by atoms with Crippen LogP contribution in [0.4, 0.5) is 5.69 Å². The summed E-state index contributed by atoms with van der Waals surface area (Å²) < 4.78 is 5.10. The van der Waals surface area contributed by atoms with Gasteiger partial charge in [-0.1, -0.05) is 35.9 Å². The molecule has 0 fully saturated rings. The quantitative estimate of drug-likeness (QED) is 0.922. The molecule has 0 aliphatic heterocycles. The zero-order valence-corrected chi connectivity index (χ0v) is 11.5. The molecule has 4 heteroatoms. The van der Waals surface area contributed by atoms with Crippen molar-refractivity contribution in [1.29, 1.82) is 0 Å². The van der Waals surface area contributed by atoms with Crippen molar-refractivity contribution in [1.82, 2.24) is 0 Å². The maximum Gasteiger partial charge on any atom is 0.257 e. The molecule has 0 spiro atoms. The van der Waals surface area contributed by atoms with Gasteiger partial charge in [-0.2, -0.15) is 0 Å². The van der Waals surface area contributed by atoms with Gasteiger partial charge in [-0.05, 0) is 30.7 Å². The fourth-order valence-corrected chi connectivity index (χ4v) is 2.04. The first-order valence-corrected chi connectivity index (χ1v) is 6.20. The maximum absolute atomic E-state index is 12.2. The Bertz CT molecular complexity index is 611. The Hall–Kier alpha value is -2.00. The highest BCUT2D eigenvalue weighted by atomic mass is 35.5. The third-order valence-corrected chi connectivity index (χ3v) is 3.21. The number of benzene rings is 2. The lowest BCUT2D eigenvalue weighted by Crippen LogP contribution is -2.13. The molecule has 0 saturated heterocycles. The summed E-state index contributed by atoms with van der Waals surface area (Å²) in [7, 11) is 1.52. The Morgan fingerprint density at radius 1 is 1.16 bits per heavy atom. The van der Waals surface area contributed by atoms with Gasteiger partial charge in [-0.25, -0.2) is 0 Å². The van der Waals surface area contributed by atoms with Crippen molar-refractivity contribution in [2.75, 3.05) is 12.4 Å². The van der Waals surface area contributed by atoms with Crippen LogP contribution in [0.2, 0.25) is 5.02 Å². The van der Waals surface area contributed by atoms with Gasteiger partial charge in [0.1, 0.15) is 5.75 Å². The van der Waals surface area contributed by atoms with E-state index < -0.39 is 0 Å². The Balaban J connectivity index is 2.28. The van der Waals surface area contributed by atoms with E-state index in [4.69, 9.17) is 16.3 Å². The van der Waals surface area contributed by atoms with E-state index in [1.807, 2.05) is 31.2 Å². The number of nitrogens with one attached hydrogen (secondary N) is 1. The van der Waals surface area contributed by atoms with Crippen LogP contribution in [0.3, 0.4) is 0 Å². The lowest BCUT2D eigenvalue weighted by Gasteiger charge is -2.10. The summed E-state index contributed by atoms with van der Waals surface area (Å²) in [5.41, 5.74) is 2.16. The monoisotopic (exact) mass is 275 g/mol. The molecule has 0 unspecified atom stereocenters. The Morgan fingerprint density at radius 2 is 1.89 bits per heavy atom. The van der Waals surface area contributed by atoms with Crippen LogP contribution in [-0.2, 0) is 0 Å². The standard InChI is InChI=1S/C15H14ClNO2/c1-10-6-3-4-8-12(10)17-15(18)11-7-5-9-13(19-2)14(11)16/h3-9H,1-2H3,(H,17,18). The number of hydrogen-bond donors (Lipinski definition) is 1. The van der Waals surface area contributed by atoms with Gasteiger partial charge < -0.3 is 10.1 Å². The lowest BCUT2D eigenvalue weighted by atomic mass is 10.1. The number of ether oxygens (including phenoxy) is 1. The number of para-hydroxylation sites is 1. The highest BCUT2D eigenvalue weighted by Crippen LogP contribution is 2.28. The molecule has 0 radical (unpaired) electrons. The Morgan fingerprint density at radius 3 is 2.58 bits per heavy atom. The van der Waals surface area contributed by atoms with Crippen LogP contribution < -0.4 is 10.1 Å². The predicted octanol–water partition coefficient (Wildman–Crippen LogP) is 3.91. The summed E-state index contributed by atoms with van der Waals surface area (Å²) in [4.78, 5) is 12.2. The second-order valence-electron chi connectivity index (χ2n) is 4.09. The van der Waals surface area contributed by atoms with E-state index in [-0.39, 0.29) is 5.91 Å². The molecule has 98 valence electrons. The van der Waals surface area contributed by atoms with E-state index in [2.05, 4.69) is 5.32 Å². The van der Waals surface area contributed by atoms with Crippen LogP contribution in [0.5, 0.6) is 5.75 Å². The smallest absolute Gasteiger partial charge is 0.257 e. The number of aryl methyl sites for hydroxylation is 1. The molecule has 0 atom stereocenters. The van der Waals surface area contributed by atoms with Crippen molar-refractivity contribution in [3.05, 3.63) is 58.6 Å². The van der Waals surface area contributed by atoms with E-state index in [0.29, 0.717) is 16.3 Å². The van der Waals surface area contributed by atoms with Gasteiger partial charge in [0.2, 0.25) is 0 Å². The van der Waals surface area contributed by atoms with Gasteiger partial charge in [0.15, 0.2) is 0 Å². The highest BCUT2D eigenvalue weighted by molar-refractivity contribution is 6.35. The molecule has 0 aliphatic carbocycles. The fourth-order valence-electron chi connectivity index (χ4n) is 1.75. The van der Waals surface area contributed by atoms with Crippen LogP contribution >= 0.6 is 11.6 Å². The summed E-state index contributed by atoms with van der Waals surface area (Å²) in [6, 6.07) is 12.7. The van der Waals surface area contributed by atoms with E-state index in [1.165, 1.54) is 7.11 Å². The van der Waals surface area contributed by atoms with E-state index >= 15 is 0 Å². The molecular weight excluding hydrogens is 262 g/mol. The molecule has 3 nitrogen and oxygen atoms in total. The second-order valence-corrected chi connectivity index (χ2v) is 4.47. The fraction of sp³-hybridized carbons (Fsp3) is 0.133. The second kappa shape index (κ2) is 5.76. The molecule has 0 heterocycles. The van der Waals surface area contributed by atoms with Crippen LogP contribution in [-0.4, -0.2) is 13.0 Å². The summed E-state index contributed by atoms with van der Waals surface area (Å²) >= 11 is 6.12. The average molecular weight is 276 g/mol. The van der Waals surface area contributed by atoms with Crippen molar-refractivity contribution >= 4 is 23.2 Å². The zero-order valence-electron chi connectivity index (χ0n) is 10.7. The molecule has 0 saturated carbocycles. The first-order chi connectivity index (χ1) is 9.13. The van der Waals surface area contributed by atoms with Crippen molar-refractivity contribution < 1.29 is 9.53 Å². The van der Waals surface area contributed by atoms with E-state index in [0.717, 1.165) is 11.3 Å². The first-order valence-electron chi connectivity index (χ1n) is 5.83. The van der Waals surface area contributed by atoms with E-state index in [1.54, 1.807) is 18.2 Å². The number of hydrogen-bond acceptors (Lipinski definition) is 2.